The molecule has 0 aliphatic carbocycles. The van der Waals surface area contributed by atoms with Crippen molar-refractivity contribution in [1.82, 2.24) is 0 Å². The number of hydrogen-bond acceptors (Lipinski definition) is 2. The van der Waals surface area contributed by atoms with Crippen molar-refractivity contribution in [2.24, 2.45) is 0 Å². The Morgan fingerprint density at radius 1 is 1.75 bits per heavy atom. The quantitative estimate of drug-likeness (QED) is 0.456. The van der Waals surface area contributed by atoms with Crippen molar-refractivity contribution in [2.75, 3.05) is 19.1 Å². The van der Waals surface area contributed by atoms with Gasteiger partial charge in [0, 0.05) is 5.88 Å². The summed E-state index contributed by atoms with van der Waals surface area (Å²) in [5.41, 5.74) is 0. The molecule has 0 aromatic carbocycles. The van der Waals surface area contributed by atoms with Crippen LogP contribution in [0.2, 0.25) is 0 Å². The molecule has 1 N–H and O–H groups in total. The number of aliphatic hydroxyl groups excluding tert-OH is 1. The second-order valence-corrected chi connectivity index (χ2v) is 1.99. The molecule has 0 aliphatic heterocycles. The number of ether oxygens (including phenoxy) is 1. The lowest BCUT2D eigenvalue weighted by Gasteiger charge is -2.02. The van der Waals surface area contributed by atoms with Crippen molar-refractivity contribution in [1.29, 1.82) is 0 Å². The molecule has 0 rings (SSSR count). The van der Waals surface area contributed by atoms with E-state index in [9.17, 15) is 0 Å². The van der Waals surface area contributed by atoms with Gasteiger partial charge in [0.2, 0.25) is 0 Å². The highest BCUT2D eigenvalue weighted by Gasteiger charge is 1.92. The molecule has 50 valence electrons. The Kier molecular flexibility index (Phi) is 5.49. The molecule has 0 fully saturated rings. The first kappa shape index (κ1) is 8.21. The van der Waals surface area contributed by atoms with Crippen LogP contribution in [-0.2, 0) is 4.74 Å². The minimum Gasteiger partial charge on any atom is -0.391 e. The van der Waals surface area contributed by atoms with E-state index in [0.29, 0.717) is 19.1 Å². The highest BCUT2D eigenvalue weighted by molar-refractivity contribution is 6.17. The zero-order valence-corrected chi connectivity index (χ0v) is 5.69. The number of hydrogen-bond donors (Lipinski definition) is 1. The highest BCUT2D eigenvalue weighted by atomic mass is 35.5. The smallest absolute Gasteiger partial charge is 0.0745 e. The summed E-state index contributed by atoms with van der Waals surface area (Å²) in [6.07, 6.45) is -0.377. The third-order valence-corrected chi connectivity index (χ3v) is 0.735. The van der Waals surface area contributed by atoms with Crippen LogP contribution >= 0.6 is 11.6 Å². The van der Waals surface area contributed by atoms with Gasteiger partial charge in [-0.05, 0) is 6.92 Å². The molecule has 0 amide bonds. The van der Waals surface area contributed by atoms with Gasteiger partial charge in [0.05, 0.1) is 19.3 Å². The first-order valence-electron chi connectivity index (χ1n) is 2.59. The SMILES string of the molecule is CC(O)COCCCl. The van der Waals surface area contributed by atoms with Gasteiger partial charge in [0.15, 0.2) is 0 Å². The first-order valence-corrected chi connectivity index (χ1v) is 3.12. The predicted molar refractivity (Wildman–Crippen MR) is 33.2 cm³/mol. The Morgan fingerprint density at radius 2 is 2.38 bits per heavy atom. The Labute approximate surface area is 54.4 Å². The maximum atomic E-state index is 8.61. The van der Waals surface area contributed by atoms with E-state index in [1.54, 1.807) is 6.92 Å². The Bertz CT molecular complexity index is 47.7. The second-order valence-electron chi connectivity index (χ2n) is 1.61. The maximum absolute atomic E-state index is 8.61. The van der Waals surface area contributed by atoms with Crippen molar-refractivity contribution in [2.45, 2.75) is 13.0 Å². The van der Waals surface area contributed by atoms with Crippen LogP contribution in [0.4, 0.5) is 0 Å². The molecule has 0 aliphatic rings. The van der Waals surface area contributed by atoms with E-state index in [-0.39, 0.29) is 6.10 Å². The molecule has 1 atom stereocenters. The van der Waals surface area contributed by atoms with E-state index in [2.05, 4.69) is 0 Å². The standard InChI is InChI=1S/C5H11ClO2/c1-5(7)4-8-3-2-6/h5,7H,2-4H2,1H3. The van der Waals surface area contributed by atoms with Crippen LogP contribution in [0, 0.1) is 0 Å². The summed E-state index contributed by atoms with van der Waals surface area (Å²) in [5.74, 6) is 0.493. The molecular weight excluding hydrogens is 128 g/mol. The molecule has 0 aromatic rings. The van der Waals surface area contributed by atoms with Crippen LogP contribution in [-0.4, -0.2) is 30.3 Å². The summed E-state index contributed by atoms with van der Waals surface area (Å²) in [4.78, 5) is 0. The van der Waals surface area contributed by atoms with Crippen LogP contribution in [0.3, 0.4) is 0 Å². The second kappa shape index (κ2) is 5.35. The van der Waals surface area contributed by atoms with E-state index in [1.807, 2.05) is 0 Å². The molecule has 0 bridgehead atoms. The van der Waals surface area contributed by atoms with Gasteiger partial charge in [-0.25, -0.2) is 0 Å². The number of aliphatic hydroxyl groups is 1. The Hall–Kier alpha value is 0.210. The van der Waals surface area contributed by atoms with Gasteiger partial charge in [-0.15, -0.1) is 11.6 Å². The lowest BCUT2D eigenvalue weighted by molar-refractivity contribution is 0.0536. The van der Waals surface area contributed by atoms with Crippen molar-refractivity contribution >= 4 is 11.6 Å². The van der Waals surface area contributed by atoms with Crippen molar-refractivity contribution in [3.05, 3.63) is 0 Å². The average molecular weight is 139 g/mol. The molecule has 0 spiro atoms. The Morgan fingerprint density at radius 3 is 2.75 bits per heavy atom. The van der Waals surface area contributed by atoms with Crippen LogP contribution in [0.15, 0.2) is 0 Å². The summed E-state index contributed by atoms with van der Waals surface area (Å²) in [6.45, 7) is 2.58. The Balaban J connectivity index is 2.72. The lowest BCUT2D eigenvalue weighted by atomic mass is 10.4. The summed E-state index contributed by atoms with van der Waals surface area (Å²) >= 11 is 5.28. The van der Waals surface area contributed by atoms with E-state index < -0.39 is 0 Å². The van der Waals surface area contributed by atoms with Gasteiger partial charge in [-0.3, -0.25) is 0 Å². The monoisotopic (exact) mass is 138 g/mol. The molecular formula is C5H11ClO2. The fraction of sp³-hybridized carbons (Fsp3) is 1.00. The number of halogens is 1. The molecule has 2 nitrogen and oxygen atoms in total. The largest absolute Gasteiger partial charge is 0.391 e. The van der Waals surface area contributed by atoms with Crippen LogP contribution in [0.25, 0.3) is 0 Å². The van der Waals surface area contributed by atoms with Crippen molar-refractivity contribution < 1.29 is 9.84 Å². The fourth-order valence-electron chi connectivity index (χ4n) is 0.308. The molecule has 0 heterocycles. The third-order valence-electron chi connectivity index (χ3n) is 0.581. The molecule has 0 saturated carbocycles. The molecule has 1 unspecified atom stereocenters. The summed E-state index contributed by atoms with van der Waals surface area (Å²) in [5, 5.41) is 8.61. The molecule has 0 saturated heterocycles. The van der Waals surface area contributed by atoms with Gasteiger partial charge >= 0.3 is 0 Å². The van der Waals surface area contributed by atoms with E-state index in [0.717, 1.165) is 0 Å². The zero-order valence-electron chi connectivity index (χ0n) is 4.93. The molecule has 0 radical (unpaired) electrons. The zero-order chi connectivity index (χ0) is 6.41. The van der Waals surface area contributed by atoms with Crippen LogP contribution in [0.1, 0.15) is 6.92 Å². The van der Waals surface area contributed by atoms with Crippen LogP contribution < -0.4 is 0 Å². The van der Waals surface area contributed by atoms with Crippen molar-refractivity contribution in [3.8, 4) is 0 Å². The van der Waals surface area contributed by atoms with Crippen LogP contribution in [0.5, 0.6) is 0 Å². The maximum Gasteiger partial charge on any atom is 0.0745 e. The summed E-state index contributed by atoms with van der Waals surface area (Å²) in [7, 11) is 0. The summed E-state index contributed by atoms with van der Waals surface area (Å²) in [6, 6.07) is 0. The van der Waals surface area contributed by atoms with Gasteiger partial charge < -0.3 is 9.84 Å². The highest BCUT2D eigenvalue weighted by Crippen LogP contribution is 1.83. The van der Waals surface area contributed by atoms with Crippen molar-refractivity contribution in [3.63, 3.8) is 0 Å². The fourth-order valence-corrected chi connectivity index (χ4v) is 0.418. The van der Waals surface area contributed by atoms with Gasteiger partial charge in [0.1, 0.15) is 0 Å². The van der Waals surface area contributed by atoms with E-state index >= 15 is 0 Å². The minimum atomic E-state index is -0.377. The van der Waals surface area contributed by atoms with Gasteiger partial charge in [-0.1, -0.05) is 0 Å². The average Bonchev–Trinajstić information content (AvgIpc) is 1.66. The van der Waals surface area contributed by atoms with Gasteiger partial charge in [-0.2, -0.15) is 0 Å². The first-order chi connectivity index (χ1) is 3.77. The van der Waals surface area contributed by atoms with E-state index in [4.69, 9.17) is 21.4 Å². The van der Waals surface area contributed by atoms with Gasteiger partial charge in [0.25, 0.3) is 0 Å². The summed E-state index contributed by atoms with van der Waals surface area (Å²) < 4.78 is 4.86. The number of alkyl halides is 1. The molecule has 8 heavy (non-hydrogen) atoms. The van der Waals surface area contributed by atoms with E-state index in [1.165, 1.54) is 0 Å². The number of rotatable bonds is 4. The molecule has 3 heteroatoms. The molecule has 0 aromatic heterocycles. The topological polar surface area (TPSA) is 29.5 Å². The normalized spacial score (nSPS) is 13.9. The third kappa shape index (κ3) is 6.21. The predicted octanol–water partition coefficient (Wildman–Crippen LogP) is 0.623. The lowest BCUT2D eigenvalue weighted by Crippen LogP contribution is -2.11. The minimum absolute atomic E-state index is 0.377.